The van der Waals surface area contributed by atoms with Gasteiger partial charge in [-0.3, -0.25) is 4.79 Å². The summed E-state index contributed by atoms with van der Waals surface area (Å²) in [5.41, 5.74) is 5.66. The minimum atomic E-state index is -0.114. The maximum atomic E-state index is 12.9. The predicted octanol–water partition coefficient (Wildman–Crippen LogP) is 5.28. The Morgan fingerprint density at radius 3 is 2.30 bits per heavy atom. The number of likely N-dealkylation sites (N-methyl/N-ethyl adjacent to an activating group) is 1. The van der Waals surface area contributed by atoms with E-state index in [1.54, 1.807) is 0 Å². The van der Waals surface area contributed by atoms with Gasteiger partial charge in [0, 0.05) is 36.1 Å². The number of hydrogen-bond donors (Lipinski definition) is 1. The molecule has 0 bridgehead atoms. The van der Waals surface area contributed by atoms with E-state index in [1.165, 1.54) is 12.1 Å². The van der Waals surface area contributed by atoms with Crippen LogP contribution in [0.5, 0.6) is 5.75 Å². The first-order valence-corrected chi connectivity index (χ1v) is 11.5. The van der Waals surface area contributed by atoms with Gasteiger partial charge in [0.2, 0.25) is 0 Å². The lowest BCUT2D eigenvalue weighted by atomic mass is 10.0. The summed E-state index contributed by atoms with van der Waals surface area (Å²) in [6.45, 7) is 6.57. The number of aryl methyl sites for hydroxylation is 2. The molecule has 0 aliphatic carbocycles. The molecule has 1 saturated heterocycles. The molecule has 1 heterocycles. The summed E-state index contributed by atoms with van der Waals surface area (Å²) < 4.78 is 6.05. The number of ether oxygens (including phenoxy) is 1. The zero-order valence-corrected chi connectivity index (χ0v) is 20.0. The fraction of sp³-hybridized carbons (Fsp3) is 0.321. The highest BCUT2D eigenvalue weighted by molar-refractivity contribution is 6.04. The number of amides is 1. The molecule has 1 aliphatic heterocycles. The van der Waals surface area contributed by atoms with Gasteiger partial charge in [0.15, 0.2) is 0 Å². The molecule has 0 saturated carbocycles. The fourth-order valence-corrected chi connectivity index (χ4v) is 4.40. The number of benzene rings is 3. The van der Waals surface area contributed by atoms with Gasteiger partial charge in [-0.1, -0.05) is 30.3 Å². The lowest BCUT2D eigenvalue weighted by molar-refractivity contribution is 0.102. The molecule has 172 valence electrons. The van der Waals surface area contributed by atoms with Gasteiger partial charge in [0.05, 0.1) is 0 Å². The van der Waals surface area contributed by atoms with Gasteiger partial charge >= 0.3 is 0 Å². The van der Waals surface area contributed by atoms with Crippen molar-refractivity contribution in [3.05, 3.63) is 89.0 Å². The van der Waals surface area contributed by atoms with Crippen LogP contribution in [0.25, 0.3) is 0 Å². The van der Waals surface area contributed by atoms with Crippen molar-refractivity contribution >= 4 is 17.3 Å². The summed E-state index contributed by atoms with van der Waals surface area (Å²) in [6, 6.07) is 22.6. The minimum Gasteiger partial charge on any atom is -0.488 e. The van der Waals surface area contributed by atoms with Crippen LogP contribution in [0.15, 0.2) is 66.7 Å². The normalized spacial score (nSPS) is 15.7. The number of rotatable bonds is 7. The Hall–Kier alpha value is -3.31. The standard InChI is InChI=1S/C28H33N3O2/c1-20-16-23(17-21(2)27(20)33-19-22-8-6-5-7-9-22)28(32)29-24-10-12-25(13-11-24)31-15-14-26(18-31)30(3)4/h5-13,16-17,26H,14-15,18-19H2,1-4H3,(H,29,32). The van der Waals surface area contributed by atoms with E-state index < -0.39 is 0 Å². The first-order chi connectivity index (χ1) is 15.9. The van der Waals surface area contributed by atoms with E-state index in [4.69, 9.17) is 4.74 Å². The zero-order chi connectivity index (χ0) is 23.4. The molecule has 5 heteroatoms. The number of nitrogens with zero attached hydrogens (tertiary/aromatic N) is 2. The Labute approximate surface area is 197 Å². The van der Waals surface area contributed by atoms with Gasteiger partial charge in [-0.05, 0) is 87.5 Å². The molecule has 3 aromatic rings. The van der Waals surface area contributed by atoms with Crippen LogP contribution < -0.4 is 15.0 Å². The van der Waals surface area contributed by atoms with Crippen LogP contribution in [0.3, 0.4) is 0 Å². The molecule has 0 spiro atoms. The molecular formula is C28H33N3O2. The molecular weight excluding hydrogens is 410 g/mol. The first kappa shape index (κ1) is 22.9. The molecule has 0 aromatic heterocycles. The van der Waals surface area contributed by atoms with Crippen LogP contribution >= 0.6 is 0 Å². The third-order valence-corrected chi connectivity index (χ3v) is 6.33. The van der Waals surface area contributed by atoms with E-state index in [0.29, 0.717) is 18.2 Å². The average molecular weight is 444 g/mol. The van der Waals surface area contributed by atoms with Gasteiger partial charge in [-0.25, -0.2) is 0 Å². The molecule has 1 amide bonds. The highest BCUT2D eigenvalue weighted by Crippen LogP contribution is 2.27. The monoisotopic (exact) mass is 443 g/mol. The summed E-state index contributed by atoms with van der Waals surface area (Å²) in [5.74, 6) is 0.721. The summed E-state index contributed by atoms with van der Waals surface area (Å²) in [6.07, 6.45) is 1.18. The predicted molar refractivity (Wildman–Crippen MR) is 135 cm³/mol. The van der Waals surface area contributed by atoms with Crippen molar-refractivity contribution in [2.24, 2.45) is 0 Å². The Morgan fingerprint density at radius 1 is 1.03 bits per heavy atom. The molecule has 1 N–H and O–H groups in total. The summed E-state index contributed by atoms with van der Waals surface area (Å²) in [5, 5.41) is 3.03. The molecule has 1 atom stereocenters. The molecule has 4 rings (SSSR count). The fourth-order valence-electron chi connectivity index (χ4n) is 4.40. The van der Waals surface area contributed by atoms with Gasteiger partial charge < -0.3 is 19.9 Å². The SMILES string of the molecule is Cc1cc(C(=O)Nc2ccc(N3CCC(N(C)C)C3)cc2)cc(C)c1OCc1ccccc1. The lowest BCUT2D eigenvalue weighted by Gasteiger charge is -2.22. The minimum absolute atomic E-state index is 0.114. The van der Waals surface area contributed by atoms with Crippen molar-refractivity contribution < 1.29 is 9.53 Å². The Balaban J connectivity index is 1.39. The lowest BCUT2D eigenvalue weighted by Crippen LogP contribution is -2.31. The van der Waals surface area contributed by atoms with Gasteiger partial charge in [0.25, 0.3) is 5.91 Å². The molecule has 1 unspecified atom stereocenters. The third-order valence-electron chi connectivity index (χ3n) is 6.33. The van der Waals surface area contributed by atoms with E-state index in [9.17, 15) is 4.79 Å². The van der Waals surface area contributed by atoms with E-state index in [1.807, 2.05) is 68.4 Å². The molecule has 3 aromatic carbocycles. The van der Waals surface area contributed by atoms with Crippen LogP contribution in [0.4, 0.5) is 11.4 Å². The van der Waals surface area contributed by atoms with Crippen molar-refractivity contribution in [1.29, 1.82) is 0 Å². The molecule has 5 nitrogen and oxygen atoms in total. The van der Waals surface area contributed by atoms with Crippen LogP contribution in [0.1, 0.15) is 33.5 Å². The van der Waals surface area contributed by atoms with E-state index in [-0.39, 0.29) is 5.91 Å². The number of hydrogen-bond acceptors (Lipinski definition) is 4. The Morgan fingerprint density at radius 2 is 1.70 bits per heavy atom. The number of anilines is 2. The maximum Gasteiger partial charge on any atom is 0.255 e. The van der Waals surface area contributed by atoms with Crippen molar-refractivity contribution in [1.82, 2.24) is 4.90 Å². The molecule has 0 radical (unpaired) electrons. The van der Waals surface area contributed by atoms with Crippen molar-refractivity contribution in [2.75, 3.05) is 37.4 Å². The summed E-state index contributed by atoms with van der Waals surface area (Å²) in [4.78, 5) is 17.6. The van der Waals surface area contributed by atoms with Crippen LogP contribution in [0, 0.1) is 13.8 Å². The highest BCUT2D eigenvalue weighted by atomic mass is 16.5. The van der Waals surface area contributed by atoms with Crippen molar-refractivity contribution in [3.8, 4) is 5.75 Å². The Kier molecular flexibility index (Phi) is 6.99. The molecule has 1 fully saturated rings. The molecule has 33 heavy (non-hydrogen) atoms. The zero-order valence-electron chi connectivity index (χ0n) is 20.0. The number of nitrogens with one attached hydrogen (secondary N) is 1. The van der Waals surface area contributed by atoms with Gasteiger partial charge in [-0.15, -0.1) is 0 Å². The van der Waals surface area contributed by atoms with Crippen LogP contribution in [0.2, 0.25) is 0 Å². The van der Waals surface area contributed by atoms with Crippen LogP contribution in [-0.2, 0) is 6.61 Å². The summed E-state index contributed by atoms with van der Waals surface area (Å²) in [7, 11) is 4.27. The topological polar surface area (TPSA) is 44.8 Å². The van der Waals surface area contributed by atoms with Gasteiger partial charge in [-0.2, -0.15) is 0 Å². The quantitative estimate of drug-likeness (QED) is 0.540. The van der Waals surface area contributed by atoms with Crippen molar-refractivity contribution in [2.45, 2.75) is 32.9 Å². The second-order valence-corrected chi connectivity index (χ2v) is 9.07. The van der Waals surface area contributed by atoms with Gasteiger partial charge in [0.1, 0.15) is 12.4 Å². The third kappa shape index (κ3) is 5.55. The second-order valence-electron chi connectivity index (χ2n) is 9.07. The first-order valence-electron chi connectivity index (χ1n) is 11.5. The van der Waals surface area contributed by atoms with E-state index in [0.717, 1.165) is 41.2 Å². The number of carbonyl (C=O) groups is 1. The smallest absolute Gasteiger partial charge is 0.255 e. The van der Waals surface area contributed by atoms with Crippen molar-refractivity contribution in [3.63, 3.8) is 0 Å². The largest absolute Gasteiger partial charge is 0.488 e. The van der Waals surface area contributed by atoms with E-state index in [2.05, 4.69) is 41.3 Å². The maximum absolute atomic E-state index is 12.9. The average Bonchev–Trinajstić information content (AvgIpc) is 3.30. The highest BCUT2D eigenvalue weighted by Gasteiger charge is 2.24. The second kappa shape index (κ2) is 10.1. The number of carbonyl (C=O) groups excluding carboxylic acids is 1. The van der Waals surface area contributed by atoms with Crippen LogP contribution in [-0.4, -0.2) is 44.0 Å². The van der Waals surface area contributed by atoms with E-state index >= 15 is 0 Å². The molecule has 1 aliphatic rings. The Bertz CT molecular complexity index is 1070. The summed E-state index contributed by atoms with van der Waals surface area (Å²) >= 11 is 0.